The van der Waals surface area contributed by atoms with E-state index < -0.39 is 11.9 Å². The van der Waals surface area contributed by atoms with Gasteiger partial charge in [-0.3, -0.25) is 4.79 Å². The number of rotatable bonds is 8. The van der Waals surface area contributed by atoms with Gasteiger partial charge in [0.05, 0.1) is 25.0 Å². The number of ether oxygens (including phenoxy) is 2. The molecule has 162 valence electrons. The van der Waals surface area contributed by atoms with E-state index >= 15 is 0 Å². The number of nitriles is 1. The quantitative estimate of drug-likeness (QED) is 0.229. The number of amides is 1. The van der Waals surface area contributed by atoms with Gasteiger partial charge < -0.3 is 19.2 Å². The highest BCUT2D eigenvalue weighted by Crippen LogP contribution is 2.30. The third-order valence-electron chi connectivity index (χ3n) is 4.21. The number of carbonyl (C=O) groups excluding carboxylic acids is 2. The van der Waals surface area contributed by atoms with Crippen LogP contribution in [0, 0.1) is 11.3 Å². The van der Waals surface area contributed by atoms with Gasteiger partial charge in [-0.25, -0.2) is 4.79 Å². The number of furan rings is 1. The number of hydrogen-bond acceptors (Lipinski definition) is 6. The normalized spacial score (nSPS) is 10.8. The molecule has 0 aliphatic rings. The van der Waals surface area contributed by atoms with Gasteiger partial charge in [-0.15, -0.1) is 0 Å². The highest BCUT2D eigenvalue weighted by atomic mass is 35.5. The minimum absolute atomic E-state index is 0.0947. The minimum atomic E-state index is -0.591. The van der Waals surface area contributed by atoms with Crippen molar-refractivity contribution in [2.45, 2.75) is 13.5 Å². The standard InChI is InChI=1S/C24H19ClN2O5/c1-2-30-22-12-16(11-18(14-26)23(28)27-15-20-7-4-10-31-20)8-9-21(22)32-24(29)17-5-3-6-19(25)13-17/h3-13H,2,15H2,1H3,(H,27,28)/b18-11+. The molecule has 0 saturated carbocycles. The molecule has 7 nitrogen and oxygen atoms in total. The molecule has 0 bridgehead atoms. The van der Waals surface area contributed by atoms with Crippen LogP contribution in [0.5, 0.6) is 11.5 Å². The first-order chi connectivity index (χ1) is 15.5. The Morgan fingerprint density at radius 2 is 2.00 bits per heavy atom. The zero-order valence-electron chi connectivity index (χ0n) is 17.1. The summed E-state index contributed by atoms with van der Waals surface area (Å²) in [5, 5.41) is 12.4. The van der Waals surface area contributed by atoms with Gasteiger partial charge in [-0.2, -0.15) is 5.26 Å². The second kappa shape index (κ2) is 10.8. The molecular formula is C24H19ClN2O5. The Morgan fingerprint density at radius 1 is 1.16 bits per heavy atom. The molecule has 8 heteroatoms. The fourth-order valence-corrected chi connectivity index (χ4v) is 2.92. The smallest absolute Gasteiger partial charge is 0.343 e. The van der Waals surface area contributed by atoms with Gasteiger partial charge in [0.1, 0.15) is 17.4 Å². The molecule has 1 N–H and O–H groups in total. The van der Waals surface area contributed by atoms with E-state index in [1.54, 1.807) is 49.4 Å². The van der Waals surface area contributed by atoms with E-state index in [0.717, 1.165) is 0 Å². The second-order valence-electron chi connectivity index (χ2n) is 6.47. The van der Waals surface area contributed by atoms with Gasteiger partial charge in [-0.05, 0) is 61.0 Å². The molecule has 1 aromatic heterocycles. The number of nitrogens with one attached hydrogen (secondary N) is 1. The number of nitrogens with zero attached hydrogens (tertiary/aromatic N) is 1. The molecule has 0 fully saturated rings. The lowest BCUT2D eigenvalue weighted by Gasteiger charge is -2.12. The predicted molar refractivity (Wildman–Crippen MR) is 118 cm³/mol. The summed E-state index contributed by atoms with van der Waals surface area (Å²) in [6, 6.07) is 16.4. The van der Waals surface area contributed by atoms with Crippen LogP contribution in [0.2, 0.25) is 5.02 Å². The maximum Gasteiger partial charge on any atom is 0.343 e. The van der Waals surface area contributed by atoms with Crippen LogP contribution in [-0.4, -0.2) is 18.5 Å². The highest BCUT2D eigenvalue weighted by Gasteiger charge is 2.15. The third-order valence-corrected chi connectivity index (χ3v) is 4.45. The molecule has 3 aromatic rings. The average Bonchev–Trinajstić information content (AvgIpc) is 3.31. The molecule has 1 amide bonds. The van der Waals surface area contributed by atoms with Crippen LogP contribution in [0.25, 0.3) is 6.08 Å². The van der Waals surface area contributed by atoms with Crippen molar-refractivity contribution in [3.8, 4) is 17.6 Å². The van der Waals surface area contributed by atoms with Gasteiger partial charge in [0, 0.05) is 5.02 Å². The lowest BCUT2D eigenvalue weighted by molar-refractivity contribution is -0.117. The summed E-state index contributed by atoms with van der Waals surface area (Å²) in [6.07, 6.45) is 2.92. The lowest BCUT2D eigenvalue weighted by atomic mass is 10.1. The first kappa shape index (κ1) is 22.7. The fourth-order valence-electron chi connectivity index (χ4n) is 2.73. The van der Waals surface area contributed by atoms with Gasteiger partial charge in [0.15, 0.2) is 11.5 Å². The Labute approximate surface area is 189 Å². The van der Waals surface area contributed by atoms with Gasteiger partial charge in [0.2, 0.25) is 0 Å². The van der Waals surface area contributed by atoms with Crippen LogP contribution in [0.1, 0.15) is 28.6 Å². The number of hydrogen-bond donors (Lipinski definition) is 1. The third kappa shape index (κ3) is 6.00. The van der Waals surface area contributed by atoms with Crippen LogP contribution in [0.4, 0.5) is 0 Å². The van der Waals surface area contributed by atoms with Crippen molar-refractivity contribution in [2.24, 2.45) is 0 Å². The van der Waals surface area contributed by atoms with Gasteiger partial charge >= 0.3 is 5.97 Å². The van der Waals surface area contributed by atoms with Crippen LogP contribution in [-0.2, 0) is 11.3 Å². The maximum atomic E-state index is 12.4. The van der Waals surface area contributed by atoms with E-state index in [0.29, 0.717) is 34.3 Å². The van der Waals surface area contributed by atoms with Crippen molar-refractivity contribution in [2.75, 3.05) is 6.61 Å². The summed E-state index contributed by atoms with van der Waals surface area (Å²) in [5.41, 5.74) is 0.729. The Bertz CT molecular complexity index is 1180. The summed E-state index contributed by atoms with van der Waals surface area (Å²) in [4.78, 5) is 24.8. The molecular weight excluding hydrogens is 432 g/mol. The van der Waals surface area contributed by atoms with E-state index in [2.05, 4.69) is 5.32 Å². The van der Waals surface area contributed by atoms with E-state index in [-0.39, 0.29) is 17.9 Å². The topological polar surface area (TPSA) is 102 Å². The number of carbonyl (C=O) groups is 2. The van der Waals surface area contributed by atoms with Crippen LogP contribution in [0.3, 0.4) is 0 Å². The molecule has 0 atom stereocenters. The largest absolute Gasteiger partial charge is 0.490 e. The second-order valence-corrected chi connectivity index (χ2v) is 6.91. The zero-order valence-corrected chi connectivity index (χ0v) is 17.9. The predicted octanol–water partition coefficient (Wildman–Crippen LogP) is 4.77. The van der Waals surface area contributed by atoms with Crippen LogP contribution < -0.4 is 14.8 Å². The molecule has 0 unspecified atom stereocenters. The van der Waals surface area contributed by atoms with E-state index in [4.69, 9.17) is 25.5 Å². The van der Waals surface area contributed by atoms with Crippen molar-refractivity contribution in [3.05, 3.63) is 88.3 Å². The Kier molecular flexibility index (Phi) is 7.68. The molecule has 0 spiro atoms. The first-order valence-corrected chi connectivity index (χ1v) is 10.0. The van der Waals surface area contributed by atoms with Crippen molar-refractivity contribution in [3.63, 3.8) is 0 Å². The van der Waals surface area contributed by atoms with Crippen molar-refractivity contribution in [1.29, 1.82) is 5.26 Å². The van der Waals surface area contributed by atoms with Crippen LogP contribution >= 0.6 is 11.6 Å². The Morgan fingerprint density at radius 3 is 2.69 bits per heavy atom. The van der Waals surface area contributed by atoms with Crippen molar-refractivity contribution < 1.29 is 23.5 Å². The molecule has 32 heavy (non-hydrogen) atoms. The van der Waals surface area contributed by atoms with Crippen molar-refractivity contribution >= 4 is 29.6 Å². The highest BCUT2D eigenvalue weighted by molar-refractivity contribution is 6.30. The SMILES string of the molecule is CCOc1cc(/C=C(\C#N)C(=O)NCc2ccco2)ccc1OC(=O)c1cccc(Cl)c1. The molecule has 0 aliphatic heterocycles. The molecule has 2 aromatic carbocycles. The van der Waals surface area contributed by atoms with Gasteiger partial charge in [0.25, 0.3) is 5.91 Å². The Hall–Kier alpha value is -4.02. The molecule has 0 aliphatic carbocycles. The molecule has 3 rings (SSSR count). The summed E-state index contributed by atoms with van der Waals surface area (Å²) >= 11 is 5.93. The molecule has 0 saturated heterocycles. The number of benzene rings is 2. The van der Waals surface area contributed by atoms with E-state index in [9.17, 15) is 14.9 Å². The number of halogens is 1. The summed E-state index contributed by atoms with van der Waals surface area (Å²) < 4.78 is 16.2. The zero-order chi connectivity index (χ0) is 22.9. The number of esters is 1. The summed E-state index contributed by atoms with van der Waals surface area (Å²) in [6.45, 7) is 2.27. The van der Waals surface area contributed by atoms with Crippen LogP contribution in [0.15, 0.2) is 70.9 Å². The van der Waals surface area contributed by atoms with Crippen molar-refractivity contribution in [1.82, 2.24) is 5.32 Å². The maximum absolute atomic E-state index is 12.4. The monoisotopic (exact) mass is 450 g/mol. The average molecular weight is 451 g/mol. The summed E-state index contributed by atoms with van der Waals surface area (Å²) in [5.74, 6) is -0.0649. The van der Waals surface area contributed by atoms with Gasteiger partial charge in [-0.1, -0.05) is 23.7 Å². The van der Waals surface area contributed by atoms with E-state index in [1.165, 1.54) is 24.5 Å². The minimum Gasteiger partial charge on any atom is -0.490 e. The lowest BCUT2D eigenvalue weighted by Crippen LogP contribution is -2.23. The van der Waals surface area contributed by atoms with E-state index in [1.807, 2.05) is 6.07 Å². The first-order valence-electron chi connectivity index (χ1n) is 9.67. The molecule has 1 heterocycles. The summed E-state index contributed by atoms with van der Waals surface area (Å²) in [7, 11) is 0. The fraction of sp³-hybridized carbons (Fsp3) is 0.125. The Balaban J connectivity index is 1.78. The molecule has 0 radical (unpaired) electrons.